The number of alkyl halides is 2. The van der Waals surface area contributed by atoms with Crippen LogP contribution in [0.1, 0.15) is 25.3 Å². The van der Waals surface area contributed by atoms with E-state index in [1.165, 1.54) is 4.90 Å². The summed E-state index contributed by atoms with van der Waals surface area (Å²) in [6, 6.07) is 5.65. The predicted octanol–water partition coefficient (Wildman–Crippen LogP) is 1.83. The summed E-state index contributed by atoms with van der Waals surface area (Å²) in [5, 5.41) is 11.1. The highest BCUT2D eigenvalue weighted by atomic mass is 19.3. The number of para-hydroxylation sites is 1. The Morgan fingerprint density at radius 1 is 1.36 bits per heavy atom. The van der Waals surface area contributed by atoms with Crippen molar-refractivity contribution in [1.82, 2.24) is 5.32 Å². The first kappa shape index (κ1) is 18.8. The Morgan fingerprint density at radius 2 is 2.04 bits per heavy atom. The summed E-state index contributed by atoms with van der Waals surface area (Å²) >= 11 is 0. The molecular weight excluding hydrogens is 334 g/mol. The topological polar surface area (TPSA) is 86.7 Å². The standard InChI is InChI=1S/C17H20F2N2O4/c1-2-10-5-3-4-6-13(10)21-9-11(7-15(21)22)16(23)20-12(17(24)25)8-14(18)19/h3-6,11-12,14H,2,7-9H2,1H3,(H,20,23)(H,24,25). The fraction of sp³-hybridized carbons (Fsp3) is 0.471. The van der Waals surface area contributed by atoms with Gasteiger partial charge in [-0.1, -0.05) is 25.1 Å². The Labute approximate surface area is 143 Å². The molecule has 2 N–H and O–H groups in total. The second-order valence-corrected chi connectivity index (χ2v) is 5.91. The largest absolute Gasteiger partial charge is 0.480 e. The lowest BCUT2D eigenvalue weighted by Gasteiger charge is -2.20. The van der Waals surface area contributed by atoms with Crippen molar-refractivity contribution in [3.05, 3.63) is 29.8 Å². The number of carbonyl (C=O) groups excluding carboxylic acids is 2. The SMILES string of the molecule is CCc1ccccc1N1CC(C(=O)NC(CC(F)F)C(=O)O)CC1=O. The van der Waals surface area contributed by atoms with Gasteiger partial charge >= 0.3 is 5.97 Å². The lowest BCUT2D eigenvalue weighted by Crippen LogP contribution is -2.45. The van der Waals surface area contributed by atoms with E-state index in [4.69, 9.17) is 5.11 Å². The van der Waals surface area contributed by atoms with Gasteiger partial charge in [0.2, 0.25) is 18.2 Å². The molecule has 0 saturated carbocycles. The van der Waals surface area contributed by atoms with Crippen molar-refractivity contribution in [1.29, 1.82) is 0 Å². The number of halogens is 2. The molecule has 0 spiro atoms. The van der Waals surface area contributed by atoms with Crippen molar-refractivity contribution < 1.29 is 28.3 Å². The Morgan fingerprint density at radius 3 is 2.64 bits per heavy atom. The van der Waals surface area contributed by atoms with Crippen molar-refractivity contribution in [2.24, 2.45) is 5.92 Å². The van der Waals surface area contributed by atoms with Crippen molar-refractivity contribution in [2.75, 3.05) is 11.4 Å². The van der Waals surface area contributed by atoms with Crippen molar-refractivity contribution in [3.8, 4) is 0 Å². The molecule has 0 aromatic heterocycles. The van der Waals surface area contributed by atoms with E-state index in [1.807, 2.05) is 19.1 Å². The van der Waals surface area contributed by atoms with Crippen LogP contribution >= 0.6 is 0 Å². The van der Waals surface area contributed by atoms with Crippen LogP contribution in [0.2, 0.25) is 0 Å². The summed E-state index contributed by atoms with van der Waals surface area (Å²) in [6.45, 7) is 2.05. The molecule has 0 radical (unpaired) electrons. The molecule has 2 atom stereocenters. The number of aliphatic carboxylic acids is 1. The zero-order valence-electron chi connectivity index (χ0n) is 13.7. The number of aryl methyl sites for hydroxylation is 1. The average molecular weight is 354 g/mol. The van der Waals surface area contributed by atoms with Gasteiger partial charge in [0.1, 0.15) is 6.04 Å². The molecule has 2 rings (SSSR count). The number of hydrogen-bond donors (Lipinski definition) is 2. The smallest absolute Gasteiger partial charge is 0.326 e. The Bertz CT molecular complexity index is 666. The zero-order valence-corrected chi connectivity index (χ0v) is 13.7. The first-order valence-corrected chi connectivity index (χ1v) is 8.03. The van der Waals surface area contributed by atoms with Gasteiger partial charge in [0, 0.05) is 25.1 Å². The van der Waals surface area contributed by atoms with Gasteiger partial charge in [-0.2, -0.15) is 0 Å². The van der Waals surface area contributed by atoms with E-state index in [9.17, 15) is 23.2 Å². The van der Waals surface area contributed by atoms with Crippen LogP contribution in [0.15, 0.2) is 24.3 Å². The van der Waals surface area contributed by atoms with E-state index in [2.05, 4.69) is 5.32 Å². The molecule has 1 heterocycles. The van der Waals surface area contributed by atoms with Gasteiger partial charge < -0.3 is 15.3 Å². The number of carbonyl (C=O) groups is 3. The highest BCUT2D eigenvalue weighted by molar-refractivity contribution is 6.01. The summed E-state index contributed by atoms with van der Waals surface area (Å²) in [5.41, 5.74) is 1.67. The van der Waals surface area contributed by atoms with E-state index in [1.54, 1.807) is 12.1 Å². The van der Waals surface area contributed by atoms with E-state index in [0.717, 1.165) is 5.56 Å². The molecule has 1 fully saturated rings. The van der Waals surface area contributed by atoms with E-state index >= 15 is 0 Å². The molecule has 1 saturated heterocycles. The van der Waals surface area contributed by atoms with Gasteiger partial charge in [0.05, 0.1) is 5.92 Å². The summed E-state index contributed by atoms with van der Waals surface area (Å²) < 4.78 is 24.8. The fourth-order valence-corrected chi connectivity index (χ4v) is 2.88. The normalized spacial score (nSPS) is 18.5. The summed E-state index contributed by atoms with van der Waals surface area (Å²) in [5.74, 6) is -3.23. The monoisotopic (exact) mass is 354 g/mol. The molecule has 25 heavy (non-hydrogen) atoms. The lowest BCUT2D eigenvalue weighted by atomic mass is 10.1. The highest BCUT2D eigenvalue weighted by Gasteiger charge is 2.37. The number of benzene rings is 1. The van der Waals surface area contributed by atoms with Crippen molar-refractivity contribution in [2.45, 2.75) is 38.7 Å². The van der Waals surface area contributed by atoms with Gasteiger partial charge in [-0.05, 0) is 18.1 Å². The highest BCUT2D eigenvalue weighted by Crippen LogP contribution is 2.28. The maximum Gasteiger partial charge on any atom is 0.326 e. The van der Waals surface area contributed by atoms with Crippen molar-refractivity contribution >= 4 is 23.5 Å². The van der Waals surface area contributed by atoms with Crippen LogP contribution in [0.5, 0.6) is 0 Å². The average Bonchev–Trinajstić information content (AvgIpc) is 2.95. The fourth-order valence-electron chi connectivity index (χ4n) is 2.88. The van der Waals surface area contributed by atoms with Crippen LogP contribution in [-0.4, -0.2) is 41.9 Å². The molecule has 1 aromatic rings. The molecule has 0 aliphatic carbocycles. The Hall–Kier alpha value is -2.51. The summed E-state index contributed by atoms with van der Waals surface area (Å²) in [4.78, 5) is 37.0. The molecule has 8 heteroatoms. The minimum atomic E-state index is -2.85. The number of nitrogens with one attached hydrogen (secondary N) is 1. The van der Waals surface area contributed by atoms with Crippen LogP contribution in [0.3, 0.4) is 0 Å². The number of carboxylic acids is 1. The van der Waals surface area contributed by atoms with Gasteiger partial charge in [-0.3, -0.25) is 9.59 Å². The number of carboxylic acid groups (broad SMARTS) is 1. The maximum atomic E-state index is 12.4. The quantitative estimate of drug-likeness (QED) is 0.782. The molecule has 1 aliphatic rings. The van der Waals surface area contributed by atoms with E-state index < -0.39 is 36.7 Å². The summed E-state index contributed by atoms with van der Waals surface area (Å²) in [6.07, 6.45) is -3.18. The second-order valence-electron chi connectivity index (χ2n) is 5.91. The molecule has 1 aromatic carbocycles. The third-order valence-corrected chi connectivity index (χ3v) is 4.19. The van der Waals surface area contributed by atoms with Crippen LogP contribution in [0.25, 0.3) is 0 Å². The van der Waals surface area contributed by atoms with Gasteiger partial charge in [0.15, 0.2) is 0 Å². The van der Waals surface area contributed by atoms with E-state index in [-0.39, 0.29) is 18.9 Å². The third kappa shape index (κ3) is 4.52. The van der Waals surface area contributed by atoms with Crippen LogP contribution < -0.4 is 10.2 Å². The maximum absolute atomic E-state index is 12.4. The number of rotatable bonds is 7. The third-order valence-electron chi connectivity index (χ3n) is 4.19. The zero-order chi connectivity index (χ0) is 18.6. The first-order valence-electron chi connectivity index (χ1n) is 8.03. The minimum absolute atomic E-state index is 0.0785. The number of hydrogen-bond acceptors (Lipinski definition) is 3. The molecule has 136 valence electrons. The molecule has 2 unspecified atom stereocenters. The number of amides is 2. The Balaban J connectivity index is 2.08. The molecule has 1 aliphatic heterocycles. The molecular formula is C17H20F2N2O4. The summed E-state index contributed by atoms with van der Waals surface area (Å²) in [7, 11) is 0. The lowest BCUT2D eigenvalue weighted by molar-refractivity contribution is -0.143. The van der Waals surface area contributed by atoms with Gasteiger partial charge in [-0.15, -0.1) is 0 Å². The molecule has 0 bridgehead atoms. The van der Waals surface area contributed by atoms with Gasteiger partial charge in [-0.25, -0.2) is 13.6 Å². The van der Waals surface area contributed by atoms with Gasteiger partial charge in [0.25, 0.3) is 0 Å². The van der Waals surface area contributed by atoms with Crippen LogP contribution in [0.4, 0.5) is 14.5 Å². The number of nitrogens with zero attached hydrogens (tertiary/aromatic N) is 1. The predicted molar refractivity (Wildman–Crippen MR) is 86.5 cm³/mol. The van der Waals surface area contributed by atoms with Crippen LogP contribution in [-0.2, 0) is 20.8 Å². The van der Waals surface area contributed by atoms with E-state index in [0.29, 0.717) is 12.1 Å². The first-order chi connectivity index (χ1) is 11.8. The van der Waals surface area contributed by atoms with Crippen molar-refractivity contribution in [3.63, 3.8) is 0 Å². The molecule has 2 amide bonds. The second kappa shape index (κ2) is 8.04. The van der Waals surface area contributed by atoms with Crippen LogP contribution in [0, 0.1) is 5.92 Å². The molecule has 6 nitrogen and oxygen atoms in total. The number of anilines is 1. The Kier molecular flexibility index (Phi) is 6.06. The minimum Gasteiger partial charge on any atom is -0.480 e.